The van der Waals surface area contributed by atoms with Gasteiger partial charge in [0.2, 0.25) is 0 Å². The number of rotatable bonds is 5. The Kier molecular flexibility index (Phi) is 4.48. The summed E-state index contributed by atoms with van der Waals surface area (Å²) in [6.07, 6.45) is 4.40. The van der Waals surface area contributed by atoms with Gasteiger partial charge >= 0.3 is 0 Å². The van der Waals surface area contributed by atoms with Crippen LogP contribution in [0.5, 0.6) is 0 Å². The first-order valence-corrected chi connectivity index (χ1v) is 9.17. The second kappa shape index (κ2) is 6.33. The van der Waals surface area contributed by atoms with Gasteiger partial charge in [0.15, 0.2) is 0 Å². The van der Waals surface area contributed by atoms with Gasteiger partial charge in [0.1, 0.15) is 0 Å². The maximum atomic E-state index is 4.60. The van der Waals surface area contributed by atoms with Crippen LogP contribution in [-0.2, 0) is 19.2 Å². The highest BCUT2D eigenvalue weighted by Gasteiger charge is 2.21. The van der Waals surface area contributed by atoms with Crippen LogP contribution in [0.1, 0.15) is 40.4 Å². The van der Waals surface area contributed by atoms with Gasteiger partial charge in [0.25, 0.3) is 0 Å². The summed E-state index contributed by atoms with van der Waals surface area (Å²) in [5.74, 6) is 2.44. The molecule has 2 aromatic heterocycles. The summed E-state index contributed by atoms with van der Waals surface area (Å²) in [6.45, 7) is 3.23. The Hall–Kier alpha value is -0.780. The van der Waals surface area contributed by atoms with E-state index in [-0.39, 0.29) is 6.04 Å². The Balaban J connectivity index is 1.90. The molecule has 0 bridgehead atoms. The molecule has 0 aromatic carbocycles. The van der Waals surface area contributed by atoms with Crippen molar-refractivity contribution in [1.82, 2.24) is 15.1 Å². The second-order valence-corrected chi connectivity index (χ2v) is 7.47. The summed E-state index contributed by atoms with van der Waals surface area (Å²) in [4.78, 5) is 3.00. The minimum Gasteiger partial charge on any atom is -0.304 e. The topological polar surface area (TPSA) is 29.9 Å². The predicted molar refractivity (Wildman–Crippen MR) is 87.5 cm³/mol. The Morgan fingerprint density at radius 1 is 1.50 bits per heavy atom. The van der Waals surface area contributed by atoms with Crippen LogP contribution in [0.3, 0.4) is 0 Å². The quantitative estimate of drug-likeness (QED) is 0.918. The highest BCUT2D eigenvalue weighted by molar-refractivity contribution is 7.98. The largest absolute Gasteiger partial charge is 0.304 e. The molecular formula is C15H21N3S2. The van der Waals surface area contributed by atoms with E-state index in [2.05, 4.69) is 29.5 Å². The Labute approximate surface area is 128 Å². The van der Waals surface area contributed by atoms with Crippen LogP contribution in [-0.4, -0.2) is 22.1 Å². The third-order valence-electron chi connectivity index (χ3n) is 3.56. The zero-order valence-corrected chi connectivity index (χ0v) is 13.7. The predicted octanol–water partition coefficient (Wildman–Crippen LogP) is 3.36. The molecule has 3 rings (SSSR count). The zero-order chi connectivity index (χ0) is 13.9. The molecule has 0 saturated carbocycles. The Morgan fingerprint density at radius 3 is 3.10 bits per heavy atom. The fourth-order valence-corrected chi connectivity index (χ4v) is 5.00. The fourth-order valence-electron chi connectivity index (χ4n) is 2.54. The lowest BCUT2D eigenvalue weighted by molar-refractivity contribution is 0.582. The van der Waals surface area contributed by atoms with Gasteiger partial charge in [-0.2, -0.15) is 16.9 Å². The van der Waals surface area contributed by atoms with E-state index >= 15 is 0 Å². The summed E-state index contributed by atoms with van der Waals surface area (Å²) in [5, 5.41) is 8.25. The van der Waals surface area contributed by atoms with Gasteiger partial charge in [0, 0.05) is 28.8 Å². The molecule has 20 heavy (non-hydrogen) atoms. The standard InChI is InChI=1S/C15H21N3S2/c1-3-6-16-15(12-4-7-18(2)17-12)14-9-11-10-19-8-5-13(11)20-14/h4,7,9,15-16H,3,5-6,8,10H2,1-2H3. The number of fused-ring (bicyclic) bond motifs is 1. The zero-order valence-electron chi connectivity index (χ0n) is 12.1. The average molecular weight is 307 g/mol. The minimum absolute atomic E-state index is 0.247. The smallest absolute Gasteiger partial charge is 0.0863 e. The van der Waals surface area contributed by atoms with Gasteiger partial charge in [-0.05, 0) is 42.8 Å². The number of aryl methyl sites for hydroxylation is 2. The molecule has 0 saturated heterocycles. The van der Waals surface area contributed by atoms with Gasteiger partial charge in [-0.3, -0.25) is 4.68 Å². The van der Waals surface area contributed by atoms with Crippen LogP contribution in [0.4, 0.5) is 0 Å². The van der Waals surface area contributed by atoms with Crippen molar-refractivity contribution >= 4 is 23.1 Å². The molecule has 1 unspecified atom stereocenters. The van der Waals surface area contributed by atoms with Gasteiger partial charge in [-0.1, -0.05) is 6.92 Å². The maximum absolute atomic E-state index is 4.60. The van der Waals surface area contributed by atoms with Crippen LogP contribution < -0.4 is 5.32 Å². The van der Waals surface area contributed by atoms with Crippen molar-refractivity contribution in [2.45, 2.75) is 31.6 Å². The summed E-state index contributed by atoms with van der Waals surface area (Å²) < 4.78 is 1.89. The highest BCUT2D eigenvalue weighted by Crippen LogP contribution is 2.36. The van der Waals surface area contributed by atoms with Gasteiger partial charge in [-0.15, -0.1) is 11.3 Å². The van der Waals surface area contributed by atoms with Crippen molar-refractivity contribution in [1.29, 1.82) is 0 Å². The molecule has 2 aromatic rings. The molecule has 1 aliphatic rings. The number of thiophene rings is 1. The van der Waals surface area contributed by atoms with E-state index in [9.17, 15) is 0 Å². The molecule has 1 atom stereocenters. The van der Waals surface area contributed by atoms with E-state index in [1.165, 1.54) is 22.8 Å². The summed E-state index contributed by atoms with van der Waals surface area (Å²) in [5.41, 5.74) is 2.67. The molecule has 0 aliphatic carbocycles. The van der Waals surface area contributed by atoms with Crippen molar-refractivity contribution in [2.24, 2.45) is 7.05 Å². The van der Waals surface area contributed by atoms with Crippen LogP contribution in [0.2, 0.25) is 0 Å². The SMILES string of the molecule is CCCNC(c1ccn(C)n1)c1cc2c(s1)CCSC2. The van der Waals surface area contributed by atoms with Crippen molar-refractivity contribution in [3.8, 4) is 0 Å². The number of nitrogens with zero attached hydrogens (tertiary/aromatic N) is 2. The molecule has 3 nitrogen and oxygen atoms in total. The maximum Gasteiger partial charge on any atom is 0.0863 e. The average Bonchev–Trinajstić information content (AvgIpc) is 3.05. The van der Waals surface area contributed by atoms with E-state index in [1.807, 2.05) is 41.0 Å². The lowest BCUT2D eigenvalue weighted by atomic mass is 10.1. The van der Waals surface area contributed by atoms with Crippen molar-refractivity contribution in [2.75, 3.05) is 12.3 Å². The Bertz CT molecular complexity index is 550. The molecule has 0 spiro atoms. The van der Waals surface area contributed by atoms with E-state index < -0.39 is 0 Å². The normalized spacial score (nSPS) is 16.1. The first-order valence-electron chi connectivity index (χ1n) is 7.20. The molecule has 0 amide bonds. The number of aromatic nitrogens is 2. The second-order valence-electron chi connectivity index (χ2n) is 5.20. The van der Waals surface area contributed by atoms with Gasteiger partial charge in [-0.25, -0.2) is 0 Å². The molecular weight excluding hydrogens is 286 g/mol. The summed E-state index contributed by atoms with van der Waals surface area (Å²) in [7, 11) is 1.98. The van der Waals surface area contributed by atoms with E-state index in [0.29, 0.717) is 0 Å². The Morgan fingerprint density at radius 2 is 2.40 bits per heavy atom. The van der Waals surface area contributed by atoms with Crippen molar-refractivity contribution in [3.05, 3.63) is 39.3 Å². The number of thioether (sulfide) groups is 1. The highest BCUT2D eigenvalue weighted by atomic mass is 32.2. The first kappa shape index (κ1) is 14.2. The lowest BCUT2D eigenvalue weighted by Crippen LogP contribution is -2.23. The van der Waals surface area contributed by atoms with E-state index in [1.54, 1.807) is 10.4 Å². The third-order valence-corrected chi connectivity index (χ3v) is 5.87. The summed E-state index contributed by atoms with van der Waals surface area (Å²) >= 11 is 4.02. The number of nitrogens with one attached hydrogen (secondary N) is 1. The fraction of sp³-hybridized carbons (Fsp3) is 0.533. The van der Waals surface area contributed by atoms with Crippen molar-refractivity contribution in [3.63, 3.8) is 0 Å². The first-order chi connectivity index (χ1) is 9.78. The summed E-state index contributed by atoms with van der Waals surface area (Å²) in [6, 6.07) is 4.77. The van der Waals surface area contributed by atoms with Crippen LogP contribution in [0, 0.1) is 0 Å². The number of hydrogen-bond donors (Lipinski definition) is 1. The molecule has 3 heterocycles. The van der Waals surface area contributed by atoms with Gasteiger partial charge in [0.05, 0.1) is 11.7 Å². The lowest BCUT2D eigenvalue weighted by Gasteiger charge is -2.14. The van der Waals surface area contributed by atoms with Crippen LogP contribution in [0.15, 0.2) is 18.3 Å². The molecule has 1 aliphatic heterocycles. The third kappa shape index (κ3) is 2.95. The molecule has 1 N–H and O–H groups in total. The van der Waals surface area contributed by atoms with E-state index in [4.69, 9.17) is 0 Å². The molecule has 0 radical (unpaired) electrons. The minimum atomic E-state index is 0.247. The van der Waals surface area contributed by atoms with Gasteiger partial charge < -0.3 is 5.32 Å². The monoisotopic (exact) mass is 307 g/mol. The molecule has 0 fully saturated rings. The van der Waals surface area contributed by atoms with E-state index in [0.717, 1.165) is 18.7 Å². The van der Waals surface area contributed by atoms with Crippen LogP contribution >= 0.6 is 23.1 Å². The van der Waals surface area contributed by atoms with Crippen molar-refractivity contribution < 1.29 is 0 Å². The number of hydrogen-bond acceptors (Lipinski definition) is 4. The molecule has 5 heteroatoms. The molecule has 108 valence electrons. The van der Waals surface area contributed by atoms with Crippen LogP contribution in [0.25, 0.3) is 0 Å².